The Kier molecular flexibility index (Phi) is 5.58. The lowest BCUT2D eigenvalue weighted by molar-refractivity contribution is 0.414. The van der Waals surface area contributed by atoms with E-state index in [1.807, 2.05) is 48.5 Å². The highest BCUT2D eigenvalue weighted by molar-refractivity contribution is 7.89. The van der Waals surface area contributed by atoms with Crippen LogP contribution in [0, 0.1) is 0 Å². The molecule has 0 aliphatic carbocycles. The molecule has 1 heterocycles. The zero-order valence-electron chi connectivity index (χ0n) is 17.3. The van der Waals surface area contributed by atoms with Crippen LogP contribution in [0.3, 0.4) is 0 Å². The average molecular weight is 436 g/mol. The highest BCUT2D eigenvalue weighted by Gasteiger charge is 2.17. The van der Waals surface area contributed by atoms with E-state index >= 15 is 0 Å². The number of nitrogens with one attached hydrogen (secondary N) is 1. The number of hydrogen-bond donors (Lipinski definition) is 1. The Morgan fingerprint density at radius 2 is 1.19 bits per heavy atom. The number of fused-ring (bicyclic) bond motifs is 1. The smallest absolute Gasteiger partial charge is 0.240 e. The fourth-order valence-corrected chi connectivity index (χ4v) is 3.97. The Labute approximate surface area is 180 Å². The van der Waals surface area contributed by atoms with E-state index in [0.717, 1.165) is 22.6 Å². The number of aromatic nitrogens is 2. The standard InChI is InChI=1S/C23H21N3O4S/c1-24-31(27,28)19-12-13-20-21(14-19)26-23(16-6-10-18(30-3)11-7-16)22(25-20)15-4-8-17(29-2)9-5-15/h4-14,24H,1-3H3. The minimum atomic E-state index is -3.59. The van der Waals surface area contributed by atoms with Crippen LogP contribution in [0.2, 0.25) is 0 Å². The van der Waals surface area contributed by atoms with Crippen LogP contribution in [0.1, 0.15) is 0 Å². The van der Waals surface area contributed by atoms with Crippen LogP contribution in [0.5, 0.6) is 11.5 Å². The Morgan fingerprint density at radius 1 is 0.710 bits per heavy atom. The predicted octanol–water partition coefficient (Wildman–Crippen LogP) is 3.89. The first-order chi connectivity index (χ1) is 14.9. The van der Waals surface area contributed by atoms with Crippen molar-refractivity contribution < 1.29 is 17.9 Å². The molecule has 0 atom stereocenters. The monoisotopic (exact) mass is 435 g/mol. The number of nitrogens with zero attached hydrogens (tertiary/aromatic N) is 2. The zero-order valence-corrected chi connectivity index (χ0v) is 18.1. The third-order valence-electron chi connectivity index (χ3n) is 4.94. The fraction of sp³-hybridized carbons (Fsp3) is 0.130. The van der Waals surface area contributed by atoms with E-state index in [1.54, 1.807) is 20.3 Å². The van der Waals surface area contributed by atoms with Gasteiger partial charge in [0.25, 0.3) is 0 Å². The lowest BCUT2D eigenvalue weighted by atomic mass is 10.0. The maximum Gasteiger partial charge on any atom is 0.240 e. The number of methoxy groups -OCH3 is 2. The van der Waals surface area contributed by atoms with E-state index in [0.29, 0.717) is 22.4 Å². The summed E-state index contributed by atoms with van der Waals surface area (Å²) in [5.41, 5.74) is 4.11. The third kappa shape index (κ3) is 4.08. The molecular weight excluding hydrogens is 414 g/mol. The molecule has 1 aromatic heterocycles. The first-order valence-electron chi connectivity index (χ1n) is 9.49. The zero-order chi connectivity index (χ0) is 22.0. The predicted molar refractivity (Wildman–Crippen MR) is 120 cm³/mol. The molecule has 0 aliphatic rings. The van der Waals surface area contributed by atoms with Gasteiger partial charge in [-0.3, -0.25) is 0 Å². The van der Waals surface area contributed by atoms with Gasteiger partial charge in [0.15, 0.2) is 0 Å². The van der Waals surface area contributed by atoms with Gasteiger partial charge in [0.2, 0.25) is 10.0 Å². The molecule has 0 fully saturated rings. The Morgan fingerprint density at radius 3 is 1.65 bits per heavy atom. The van der Waals surface area contributed by atoms with Crippen molar-refractivity contribution in [2.24, 2.45) is 0 Å². The summed E-state index contributed by atoms with van der Waals surface area (Å²) >= 11 is 0. The van der Waals surface area contributed by atoms with Crippen LogP contribution in [0.4, 0.5) is 0 Å². The Balaban J connectivity index is 1.95. The van der Waals surface area contributed by atoms with E-state index in [9.17, 15) is 8.42 Å². The molecule has 0 saturated heterocycles. The van der Waals surface area contributed by atoms with Gasteiger partial charge in [0.05, 0.1) is 41.5 Å². The molecular formula is C23H21N3O4S. The van der Waals surface area contributed by atoms with Crippen LogP contribution < -0.4 is 14.2 Å². The van der Waals surface area contributed by atoms with Gasteiger partial charge in [-0.15, -0.1) is 0 Å². The second kappa shape index (κ2) is 8.33. The average Bonchev–Trinajstić information content (AvgIpc) is 2.83. The van der Waals surface area contributed by atoms with Crippen molar-refractivity contribution >= 4 is 21.1 Å². The van der Waals surface area contributed by atoms with Gasteiger partial charge in [-0.2, -0.15) is 0 Å². The van der Waals surface area contributed by atoms with Gasteiger partial charge in [0.1, 0.15) is 11.5 Å². The Bertz CT molecular complexity index is 1340. The second-order valence-electron chi connectivity index (χ2n) is 6.74. The molecule has 0 aliphatic heterocycles. The lowest BCUT2D eigenvalue weighted by Gasteiger charge is -2.12. The largest absolute Gasteiger partial charge is 0.497 e. The fourth-order valence-electron chi connectivity index (χ4n) is 3.22. The summed E-state index contributed by atoms with van der Waals surface area (Å²) in [4.78, 5) is 9.75. The normalized spacial score (nSPS) is 11.5. The molecule has 4 aromatic rings. The van der Waals surface area contributed by atoms with Crippen LogP contribution >= 0.6 is 0 Å². The van der Waals surface area contributed by atoms with Crippen LogP contribution in [0.25, 0.3) is 33.5 Å². The summed E-state index contributed by atoms with van der Waals surface area (Å²) in [6.07, 6.45) is 0. The first kappa shape index (κ1) is 20.8. The maximum absolute atomic E-state index is 12.2. The minimum absolute atomic E-state index is 0.134. The molecule has 0 radical (unpaired) electrons. The van der Waals surface area contributed by atoms with Crippen molar-refractivity contribution in [3.05, 3.63) is 66.7 Å². The van der Waals surface area contributed by atoms with Crippen molar-refractivity contribution in [2.75, 3.05) is 21.3 Å². The number of ether oxygens (including phenoxy) is 2. The number of hydrogen-bond acceptors (Lipinski definition) is 6. The summed E-state index contributed by atoms with van der Waals surface area (Å²) in [6, 6.07) is 19.8. The summed E-state index contributed by atoms with van der Waals surface area (Å²) < 4.78 is 37.3. The SMILES string of the molecule is CNS(=O)(=O)c1ccc2nc(-c3ccc(OC)cc3)c(-c3ccc(OC)cc3)nc2c1. The van der Waals surface area contributed by atoms with Gasteiger partial charge in [0, 0.05) is 11.1 Å². The van der Waals surface area contributed by atoms with E-state index in [1.165, 1.54) is 19.2 Å². The summed E-state index contributed by atoms with van der Waals surface area (Å²) in [7, 11) is 1.01. The molecule has 158 valence electrons. The molecule has 7 nitrogen and oxygen atoms in total. The molecule has 0 bridgehead atoms. The van der Waals surface area contributed by atoms with Gasteiger partial charge < -0.3 is 9.47 Å². The summed E-state index contributed by atoms with van der Waals surface area (Å²) in [5.74, 6) is 1.47. The second-order valence-corrected chi connectivity index (χ2v) is 8.62. The van der Waals surface area contributed by atoms with Crippen LogP contribution in [0.15, 0.2) is 71.6 Å². The van der Waals surface area contributed by atoms with Gasteiger partial charge in [-0.05, 0) is 73.8 Å². The molecule has 0 unspecified atom stereocenters. The quantitative estimate of drug-likeness (QED) is 0.494. The summed E-state index contributed by atoms with van der Waals surface area (Å²) in [6.45, 7) is 0. The maximum atomic E-state index is 12.2. The molecule has 31 heavy (non-hydrogen) atoms. The molecule has 0 spiro atoms. The first-order valence-corrected chi connectivity index (χ1v) is 11.0. The minimum Gasteiger partial charge on any atom is -0.497 e. The van der Waals surface area contributed by atoms with E-state index < -0.39 is 10.0 Å². The van der Waals surface area contributed by atoms with Crippen molar-refractivity contribution in [3.63, 3.8) is 0 Å². The molecule has 0 saturated carbocycles. The van der Waals surface area contributed by atoms with Gasteiger partial charge in [-0.1, -0.05) is 0 Å². The molecule has 1 N–H and O–H groups in total. The number of rotatable bonds is 6. The number of sulfonamides is 1. The van der Waals surface area contributed by atoms with Crippen molar-refractivity contribution in [1.82, 2.24) is 14.7 Å². The molecule has 3 aromatic carbocycles. The van der Waals surface area contributed by atoms with Crippen molar-refractivity contribution in [1.29, 1.82) is 0 Å². The highest BCUT2D eigenvalue weighted by Crippen LogP contribution is 2.33. The van der Waals surface area contributed by atoms with Gasteiger partial charge in [-0.25, -0.2) is 23.1 Å². The molecule has 0 amide bonds. The van der Waals surface area contributed by atoms with Crippen molar-refractivity contribution in [2.45, 2.75) is 4.90 Å². The number of benzene rings is 3. The third-order valence-corrected chi connectivity index (χ3v) is 6.35. The van der Waals surface area contributed by atoms with Crippen LogP contribution in [-0.4, -0.2) is 39.7 Å². The molecule has 8 heteroatoms. The molecule has 4 rings (SSSR count). The van der Waals surface area contributed by atoms with E-state index in [4.69, 9.17) is 19.4 Å². The van der Waals surface area contributed by atoms with Gasteiger partial charge >= 0.3 is 0 Å². The van der Waals surface area contributed by atoms with Crippen LogP contribution in [-0.2, 0) is 10.0 Å². The highest BCUT2D eigenvalue weighted by atomic mass is 32.2. The van der Waals surface area contributed by atoms with E-state index in [-0.39, 0.29) is 4.90 Å². The lowest BCUT2D eigenvalue weighted by Crippen LogP contribution is -2.18. The Hall–Kier alpha value is -3.49. The van der Waals surface area contributed by atoms with Crippen molar-refractivity contribution in [3.8, 4) is 34.0 Å². The topological polar surface area (TPSA) is 90.4 Å². The summed E-state index contributed by atoms with van der Waals surface area (Å²) in [5, 5.41) is 0. The van der Waals surface area contributed by atoms with E-state index in [2.05, 4.69) is 4.72 Å².